The van der Waals surface area contributed by atoms with Gasteiger partial charge in [0, 0.05) is 24.7 Å². The number of esters is 1. The minimum Gasteiger partial charge on any atom is -0.480 e. The van der Waals surface area contributed by atoms with E-state index in [2.05, 4.69) is 12.2 Å². The van der Waals surface area contributed by atoms with Crippen LogP contribution in [0.4, 0.5) is 0 Å². The fourth-order valence-electron chi connectivity index (χ4n) is 6.34. The second-order valence-electron chi connectivity index (χ2n) is 11.0. The number of rotatable bonds is 8. The number of carbonyl (C=O) groups is 3. The first-order valence-electron chi connectivity index (χ1n) is 12.9. The van der Waals surface area contributed by atoms with Crippen LogP contribution < -0.4 is 5.32 Å². The Balaban J connectivity index is 1.39. The molecule has 198 valence electrons. The average Bonchev–Trinajstić information content (AvgIpc) is 3.04. The highest BCUT2D eigenvalue weighted by atomic mass is 17.3. The Hall–Kier alpha value is -1.75. The van der Waals surface area contributed by atoms with Gasteiger partial charge in [-0.15, -0.1) is 0 Å². The highest BCUT2D eigenvalue weighted by molar-refractivity contribution is 5.85. The van der Waals surface area contributed by atoms with E-state index in [0.29, 0.717) is 18.8 Å². The Morgan fingerprint density at radius 1 is 1.11 bits per heavy atom. The lowest BCUT2D eigenvalue weighted by Gasteiger charge is -2.59. The van der Waals surface area contributed by atoms with Crippen molar-refractivity contribution in [2.24, 2.45) is 29.6 Å². The van der Waals surface area contributed by atoms with Crippen molar-refractivity contribution >= 4 is 17.8 Å². The van der Waals surface area contributed by atoms with E-state index in [1.807, 2.05) is 20.8 Å². The van der Waals surface area contributed by atoms with Gasteiger partial charge in [0.25, 0.3) is 0 Å². The van der Waals surface area contributed by atoms with Crippen LogP contribution in [0.2, 0.25) is 0 Å². The molecule has 10 atom stereocenters. The molecule has 2 bridgehead atoms. The van der Waals surface area contributed by atoms with Gasteiger partial charge in [-0.1, -0.05) is 34.1 Å². The third-order valence-electron chi connectivity index (χ3n) is 8.70. The van der Waals surface area contributed by atoms with Crippen molar-refractivity contribution in [1.29, 1.82) is 0 Å². The molecule has 0 aromatic carbocycles. The number of carbonyl (C=O) groups excluding carboxylic acids is 2. The molecule has 10 nitrogen and oxygen atoms in total. The second kappa shape index (κ2) is 9.95. The van der Waals surface area contributed by atoms with E-state index in [0.717, 1.165) is 19.3 Å². The number of carboxylic acid groups (broad SMARTS) is 1. The normalized spacial score (nSPS) is 41.7. The third-order valence-corrected chi connectivity index (χ3v) is 8.70. The maximum atomic E-state index is 12.7. The molecule has 1 amide bonds. The minimum absolute atomic E-state index is 0.0260. The first-order chi connectivity index (χ1) is 16.5. The van der Waals surface area contributed by atoms with Crippen LogP contribution in [-0.2, 0) is 38.4 Å². The van der Waals surface area contributed by atoms with Crippen LogP contribution in [0.1, 0.15) is 79.6 Å². The predicted octanol–water partition coefficient (Wildman–Crippen LogP) is 3.13. The molecule has 10 heteroatoms. The van der Waals surface area contributed by atoms with Gasteiger partial charge in [0.15, 0.2) is 11.9 Å². The Bertz CT molecular complexity index is 836. The summed E-state index contributed by atoms with van der Waals surface area (Å²) in [6.45, 7) is 9.67. The largest absolute Gasteiger partial charge is 0.480 e. The van der Waals surface area contributed by atoms with Gasteiger partial charge in [0.1, 0.15) is 6.04 Å². The third kappa shape index (κ3) is 4.82. The number of nitrogens with one attached hydrogen (secondary N) is 1. The summed E-state index contributed by atoms with van der Waals surface area (Å²) in [6, 6.07) is -0.991. The molecule has 1 spiro atoms. The highest BCUT2D eigenvalue weighted by Gasteiger charge is 2.69. The number of carboxylic acids is 1. The number of ether oxygens (including phenoxy) is 3. The van der Waals surface area contributed by atoms with E-state index in [1.165, 1.54) is 0 Å². The van der Waals surface area contributed by atoms with Gasteiger partial charge in [0.05, 0.1) is 6.42 Å². The quantitative estimate of drug-likeness (QED) is 0.384. The minimum atomic E-state index is -1.09. The zero-order valence-corrected chi connectivity index (χ0v) is 21.3. The number of aliphatic carboxylic acids is 1. The molecule has 1 aliphatic carbocycles. The Morgan fingerprint density at radius 2 is 1.86 bits per heavy atom. The Kier molecular flexibility index (Phi) is 7.48. The molecule has 4 aliphatic heterocycles. The van der Waals surface area contributed by atoms with E-state index < -0.39 is 47.9 Å². The molecule has 1 saturated carbocycles. The Morgan fingerprint density at radius 3 is 2.54 bits per heavy atom. The van der Waals surface area contributed by atoms with Crippen molar-refractivity contribution in [2.45, 2.75) is 110 Å². The van der Waals surface area contributed by atoms with Gasteiger partial charge in [-0.05, 0) is 43.9 Å². The topological polar surface area (TPSA) is 130 Å². The van der Waals surface area contributed by atoms with Crippen molar-refractivity contribution in [3.63, 3.8) is 0 Å². The first kappa shape index (κ1) is 26.3. The molecule has 4 heterocycles. The van der Waals surface area contributed by atoms with Crippen LogP contribution in [0.25, 0.3) is 0 Å². The summed E-state index contributed by atoms with van der Waals surface area (Å²) >= 11 is 0. The summed E-state index contributed by atoms with van der Waals surface area (Å²) in [5, 5.41) is 11.9. The number of amides is 1. The van der Waals surface area contributed by atoms with Gasteiger partial charge in [-0.2, -0.15) is 0 Å². The summed E-state index contributed by atoms with van der Waals surface area (Å²) in [5.41, 5.74) is -0.738. The summed E-state index contributed by atoms with van der Waals surface area (Å²) in [4.78, 5) is 48.3. The molecule has 35 heavy (non-hydrogen) atoms. The van der Waals surface area contributed by atoms with Gasteiger partial charge in [-0.25, -0.2) is 14.6 Å². The molecule has 5 fully saturated rings. The molecule has 5 rings (SSSR count). The van der Waals surface area contributed by atoms with Crippen molar-refractivity contribution in [3.05, 3.63) is 0 Å². The fraction of sp³-hybridized carbons (Fsp3) is 0.880. The smallest absolute Gasteiger partial charge is 0.326 e. The summed E-state index contributed by atoms with van der Waals surface area (Å²) in [7, 11) is 0. The predicted molar refractivity (Wildman–Crippen MR) is 121 cm³/mol. The number of hydrogen-bond acceptors (Lipinski definition) is 8. The molecule has 0 aromatic rings. The fourth-order valence-corrected chi connectivity index (χ4v) is 6.34. The van der Waals surface area contributed by atoms with E-state index in [-0.39, 0.29) is 36.5 Å². The summed E-state index contributed by atoms with van der Waals surface area (Å²) in [5.74, 6) is -2.80. The van der Waals surface area contributed by atoms with Crippen LogP contribution in [0.5, 0.6) is 0 Å². The molecule has 0 radical (unpaired) electrons. The van der Waals surface area contributed by atoms with Gasteiger partial charge in [-0.3, -0.25) is 9.59 Å². The van der Waals surface area contributed by atoms with Crippen LogP contribution in [-0.4, -0.2) is 53.0 Å². The molecular formula is C25H39NO9. The zero-order chi connectivity index (χ0) is 25.5. The van der Waals surface area contributed by atoms with Crippen molar-refractivity contribution in [2.75, 3.05) is 0 Å². The summed E-state index contributed by atoms with van der Waals surface area (Å²) in [6.07, 6.45) is 2.23. The van der Waals surface area contributed by atoms with Crippen molar-refractivity contribution in [3.8, 4) is 0 Å². The molecule has 4 saturated heterocycles. The standard InChI is InChI=1S/C25H39NO9/c1-6-13(2)20(21(29)30)26-18(27)9-10-19(28)31-22-15(4)17-8-7-14(3)16-11-12-24(5)33-23(32-22)25(16,17)35-34-24/h13-17,20,22-23H,6-12H2,1-5H3,(H,26,27)(H,29,30)/t13-,14-,15-,16+,17+,20-,22-,23-,24-,25-/m1/s1. The molecule has 0 aromatic heterocycles. The van der Waals surface area contributed by atoms with E-state index in [9.17, 15) is 19.5 Å². The van der Waals surface area contributed by atoms with Crippen LogP contribution >= 0.6 is 0 Å². The average molecular weight is 498 g/mol. The van der Waals surface area contributed by atoms with Crippen molar-refractivity contribution in [1.82, 2.24) is 5.32 Å². The highest BCUT2D eigenvalue weighted by Crippen LogP contribution is 2.60. The SMILES string of the molecule is CC[C@@H](C)[C@@H](NC(=O)CCC(=O)O[C@@H]1O[C@@H]2O[C@@]3(C)CC[C@H]4[C@H](C)CC[C@@H]([C@H]1C)[C@@]24OO3)C(=O)O. The zero-order valence-electron chi connectivity index (χ0n) is 21.3. The molecule has 2 N–H and O–H groups in total. The van der Waals surface area contributed by atoms with Gasteiger partial charge in [0.2, 0.25) is 18.0 Å². The van der Waals surface area contributed by atoms with E-state index in [1.54, 1.807) is 6.92 Å². The number of hydrogen-bond donors (Lipinski definition) is 2. The van der Waals surface area contributed by atoms with Gasteiger partial charge >= 0.3 is 11.9 Å². The Labute approximate surface area is 206 Å². The maximum absolute atomic E-state index is 12.7. The maximum Gasteiger partial charge on any atom is 0.326 e. The van der Waals surface area contributed by atoms with Crippen LogP contribution in [0, 0.1) is 29.6 Å². The van der Waals surface area contributed by atoms with Gasteiger partial charge < -0.3 is 24.6 Å². The second-order valence-corrected chi connectivity index (χ2v) is 11.0. The van der Waals surface area contributed by atoms with Crippen LogP contribution in [0.3, 0.4) is 0 Å². The molecular weight excluding hydrogens is 458 g/mol. The summed E-state index contributed by atoms with van der Waals surface area (Å²) < 4.78 is 18.2. The van der Waals surface area contributed by atoms with E-state index >= 15 is 0 Å². The lowest BCUT2D eigenvalue weighted by Crippen LogP contribution is -2.70. The van der Waals surface area contributed by atoms with Crippen molar-refractivity contribution < 1.29 is 43.5 Å². The molecule has 0 unspecified atom stereocenters. The molecule has 5 aliphatic rings. The lowest BCUT2D eigenvalue weighted by molar-refractivity contribution is -0.576. The monoisotopic (exact) mass is 497 g/mol. The lowest BCUT2D eigenvalue weighted by atomic mass is 9.58. The number of fused-ring (bicyclic) bond motifs is 2. The first-order valence-corrected chi connectivity index (χ1v) is 12.9. The van der Waals surface area contributed by atoms with Crippen LogP contribution in [0.15, 0.2) is 0 Å². The van der Waals surface area contributed by atoms with E-state index in [4.69, 9.17) is 24.0 Å².